The summed E-state index contributed by atoms with van der Waals surface area (Å²) >= 11 is 0. The predicted octanol–water partition coefficient (Wildman–Crippen LogP) is 3.81. The number of fused-ring (bicyclic) bond motifs is 6. The summed E-state index contributed by atoms with van der Waals surface area (Å²) in [5.41, 5.74) is -1.88. The zero-order valence-electron chi connectivity index (χ0n) is 35.2. The predicted molar refractivity (Wildman–Crippen MR) is 220 cm³/mol. The summed E-state index contributed by atoms with van der Waals surface area (Å²) in [5, 5.41) is 26.3. The van der Waals surface area contributed by atoms with Crippen molar-refractivity contribution in [2.24, 2.45) is 11.3 Å². The number of aliphatic hydroxyl groups is 2. The van der Waals surface area contributed by atoms with Crippen LogP contribution in [0, 0.1) is 17.8 Å². The maximum Gasteiger partial charge on any atom is 0.344 e. The van der Waals surface area contributed by atoms with Crippen LogP contribution < -0.4 is 9.64 Å². The van der Waals surface area contributed by atoms with Crippen LogP contribution in [0.25, 0.3) is 10.9 Å². The minimum absolute atomic E-state index is 0.224. The summed E-state index contributed by atoms with van der Waals surface area (Å²) < 4.78 is 23.9. The van der Waals surface area contributed by atoms with Crippen LogP contribution >= 0.6 is 0 Å². The first-order chi connectivity index (χ1) is 28.2. The number of piperidine rings is 1. The second-order valence-corrected chi connectivity index (χ2v) is 17.9. The van der Waals surface area contributed by atoms with Gasteiger partial charge in [-0.3, -0.25) is 19.4 Å². The maximum absolute atomic E-state index is 15.3. The van der Waals surface area contributed by atoms with Crippen LogP contribution in [0.2, 0.25) is 0 Å². The van der Waals surface area contributed by atoms with Gasteiger partial charge in [0.15, 0.2) is 6.10 Å². The Morgan fingerprint density at radius 2 is 1.73 bits per heavy atom. The van der Waals surface area contributed by atoms with E-state index in [1.54, 1.807) is 7.11 Å². The van der Waals surface area contributed by atoms with Crippen molar-refractivity contribution in [3.63, 3.8) is 0 Å². The fourth-order valence-corrected chi connectivity index (χ4v) is 13.2. The van der Waals surface area contributed by atoms with E-state index in [1.165, 1.54) is 21.1 Å². The zero-order valence-corrected chi connectivity index (χ0v) is 35.2. The highest BCUT2D eigenvalue weighted by Crippen LogP contribution is 2.68. The fraction of sp³-hybridized carbons (Fsp3) is 0.565. The maximum atomic E-state index is 15.3. The number of rotatable bonds is 7. The quantitative estimate of drug-likeness (QED) is 0.181. The minimum Gasteiger partial charge on any atom is -0.496 e. The van der Waals surface area contributed by atoms with Crippen LogP contribution in [0.1, 0.15) is 68.8 Å². The lowest BCUT2D eigenvalue weighted by Crippen LogP contribution is -2.81. The second-order valence-electron chi connectivity index (χ2n) is 17.9. The van der Waals surface area contributed by atoms with Gasteiger partial charge in [0.25, 0.3) is 0 Å². The number of aromatic amines is 1. The van der Waals surface area contributed by atoms with E-state index in [0.29, 0.717) is 69.7 Å². The second kappa shape index (κ2) is 13.8. The highest BCUT2D eigenvalue weighted by molar-refractivity contribution is 5.95. The number of H-pyrrole nitrogens is 1. The van der Waals surface area contributed by atoms with Crippen LogP contribution in [0.5, 0.6) is 5.75 Å². The van der Waals surface area contributed by atoms with Crippen molar-refractivity contribution in [2.75, 3.05) is 66.0 Å². The van der Waals surface area contributed by atoms with E-state index in [2.05, 4.69) is 33.0 Å². The van der Waals surface area contributed by atoms with Crippen molar-refractivity contribution in [1.29, 1.82) is 0 Å². The molecule has 1 aromatic heterocycles. The molecule has 2 aromatic carbocycles. The lowest BCUT2D eigenvalue weighted by atomic mass is 9.47. The number of ether oxygens (including phenoxy) is 4. The molecule has 0 amide bonds. The van der Waals surface area contributed by atoms with Gasteiger partial charge < -0.3 is 39.0 Å². The lowest BCUT2D eigenvalue weighted by Gasteiger charge is -2.63. The van der Waals surface area contributed by atoms with Gasteiger partial charge in [-0.1, -0.05) is 44.2 Å². The van der Waals surface area contributed by atoms with Gasteiger partial charge in [-0.2, -0.15) is 0 Å². The van der Waals surface area contributed by atoms with Gasteiger partial charge in [-0.15, -0.1) is 0 Å². The van der Waals surface area contributed by atoms with Gasteiger partial charge in [-0.25, -0.2) is 4.79 Å². The molecule has 5 aliphatic heterocycles. The lowest BCUT2D eigenvalue weighted by molar-refractivity contribution is -0.228. The number of methoxy groups -OCH3 is 3. The number of hydrogen-bond acceptors (Lipinski definition) is 12. The third-order valence-corrected chi connectivity index (χ3v) is 15.4. The van der Waals surface area contributed by atoms with E-state index >= 15 is 4.79 Å². The Morgan fingerprint density at radius 1 is 0.966 bits per heavy atom. The Labute approximate surface area is 345 Å². The molecule has 2 saturated heterocycles. The van der Waals surface area contributed by atoms with Gasteiger partial charge in [0.2, 0.25) is 5.60 Å². The Balaban J connectivity index is 1.36. The van der Waals surface area contributed by atoms with E-state index in [-0.39, 0.29) is 18.4 Å². The summed E-state index contributed by atoms with van der Waals surface area (Å²) in [6.45, 7) is 8.45. The molecule has 315 valence electrons. The number of esters is 3. The third kappa shape index (κ3) is 5.20. The number of nitrogens with one attached hydrogen (secondary N) is 1. The highest BCUT2D eigenvalue weighted by Gasteiger charge is 2.80. The van der Waals surface area contributed by atoms with Gasteiger partial charge >= 0.3 is 17.9 Å². The zero-order chi connectivity index (χ0) is 41.9. The topological polar surface area (TPSA) is 154 Å². The molecule has 6 aliphatic rings. The molecular weight excluding hydrogens is 753 g/mol. The Hall–Kier alpha value is -4.43. The molecule has 6 heterocycles. The molecule has 13 nitrogen and oxygen atoms in total. The van der Waals surface area contributed by atoms with Crippen LogP contribution in [-0.4, -0.2) is 133 Å². The molecule has 13 heteroatoms. The van der Waals surface area contributed by atoms with E-state index < -0.39 is 57.5 Å². The number of anilines is 1. The van der Waals surface area contributed by atoms with E-state index in [9.17, 15) is 19.8 Å². The monoisotopic (exact) mass is 809 g/mol. The van der Waals surface area contributed by atoms with Crippen molar-refractivity contribution in [2.45, 2.75) is 93.1 Å². The number of nitrogens with zero attached hydrogens (tertiary/aromatic N) is 3. The van der Waals surface area contributed by atoms with E-state index in [1.807, 2.05) is 62.6 Å². The number of carbonyl (C=O) groups is 3. The van der Waals surface area contributed by atoms with Crippen LogP contribution in [0.15, 0.2) is 48.6 Å². The first-order valence-electron chi connectivity index (χ1n) is 21.1. The van der Waals surface area contributed by atoms with Gasteiger partial charge in [0.05, 0.1) is 33.0 Å². The van der Waals surface area contributed by atoms with Crippen molar-refractivity contribution in [1.82, 2.24) is 14.8 Å². The SMILES string of the molecule is CC[C@]1(O)[CH]C2CN(CCc3c([nH]c4ccccc34)[C@@](C(=O)OC)(c3cc4c(cc3OC)N(C)C3C45CCN4CC=C[C@](CC)(C45)[C@@H](OC(C)=O)[C@]3(O)C(=O)OC)C2)C1. The normalized spacial score (nSPS) is 37.0. The minimum atomic E-state index is -2.31. The molecule has 1 spiro atoms. The average Bonchev–Trinajstić information content (AvgIpc) is 3.90. The van der Waals surface area contributed by atoms with E-state index in [0.717, 1.165) is 33.4 Å². The van der Waals surface area contributed by atoms with Crippen molar-refractivity contribution in [3.8, 4) is 5.75 Å². The number of hydrogen-bond donors (Lipinski definition) is 3. The summed E-state index contributed by atoms with van der Waals surface area (Å²) in [7, 11) is 6.13. The van der Waals surface area contributed by atoms with Crippen molar-refractivity contribution < 1.29 is 43.5 Å². The number of benzene rings is 2. The molecular formula is C46H57N4O9. The summed E-state index contributed by atoms with van der Waals surface area (Å²) in [6, 6.07) is 10.9. The van der Waals surface area contributed by atoms with E-state index in [4.69, 9.17) is 18.9 Å². The molecule has 9 rings (SSSR count). The number of aromatic nitrogens is 1. The van der Waals surface area contributed by atoms with Gasteiger partial charge in [0.1, 0.15) is 11.2 Å². The Kier molecular flexibility index (Phi) is 9.36. The molecule has 59 heavy (non-hydrogen) atoms. The van der Waals surface area contributed by atoms with Crippen LogP contribution in [0.3, 0.4) is 0 Å². The average molecular weight is 810 g/mol. The van der Waals surface area contributed by atoms with Crippen molar-refractivity contribution in [3.05, 3.63) is 77.4 Å². The smallest absolute Gasteiger partial charge is 0.344 e. The molecule has 2 bridgehead atoms. The third-order valence-electron chi connectivity index (χ3n) is 15.4. The largest absolute Gasteiger partial charge is 0.496 e. The summed E-state index contributed by atoms with van der Waals surface area (Å²) in [5.74, 6) is -1.73. The van der Waals surface area contributed by atoms with Crippen LogP contribution in [-0.2, 0) is 45.8 Å². The first kappa shape index (κ1) is 40.0. The molecule has 3 aromatic rings. The fourth-order valence-electron chi connectivity index (χ4n) is 13.2. The van der Waals surface area contributed by atoms with Crippen LogP contribution in [0.4, 0.5) is 5.69 Å². The molecule has 10 atom stereocenters. The molecule has 1 radical (unpaired) electrons. The Bertz CT molecular complexity index is 2260. The molecule has 5 unspecified atom stereocenters. The van der Waals surface area contributed by atoms with Gasteiger partial charge in [0, 0.05) is 90.9 Å². The highest BCUT2D eigenvalue weighted by atomic mass is 16.6. The molecule has 3 N–H and O–H groups in total. The number of para-hydroxylation sites is 1. The standard InChI is InChI=1S/C46H57N4O9/c1-8-42(54)23-28-24-45(40(52)57-6,36-30(15-19-49(25-28)26-42)29-13-10-11-14-33(29)47-36)32-21-31-34(22-35(32)56-5)48(4)38-44(31)17-20-50-18-12-16-43(9-2,37(44)50)39(59-27(3)51)46(38,55)41(53)58-7/h10-14,16,21-23,28,37-39,47,54-55H,8-9,15,17-20,24-26H2,1-7H3/t28?,37?,38?,39-,42+,43-,44?,45+,46+/m1/s1. The number of likely N-dealkylation sites (N-methyl/N-ethyl adjacent to an activating group) is 1. The molecule has 1 aliphatic carbocycles. The molecule has 1 saturated carbocycles. The van der Waals surface area contributed by atoms with Crippen molar-refractivity contribution >= 4 is 34.5 Å². The first-order valence-corrected chi connectivity index (χ1v) is 21.1. The number of carbonyl (C=O) groups excluding carboxylic acids is 3. The summed E-state index contributed by atoms with van der Waals surface area (Å²) in [4.78, 5) is 53.1. The van der Waals surface area contributed by atoms with Gasteiger partial charge in [-0.05, 0) is 74.2 Å². The Morgan fingerprint density at radius 3 is 2.42 bits per heavy atom. The summed E-state index contributed by atoms with van der Waals surface area (Å²) in [6.07, 6.45) is 7.31. The molecule has 3 fully saturated rings.